The molecule has 13 nitrogen and oxygen atoms in total. The number of aliphatic hydroxyl groups is 4. The van der Waals surface area contributed by atoms with E-state index in [1.54, 1.807) is 55.4 Å². The van der Waals surface area contributed by atoms with E-state index in [2.05, 4.69) is 0 Å². The zero-order valence-electron chi connectivity index (χ0n) is 31.8. The van der Waals surface area contributed by atoms with E-state index >= 15 is 0 Å². The molecule has 3 saturated heterocycles. The molecule has 0 saturated carbocycles. The van der Waals surface area contributed by atoms with Gasteiger partial charge >= 0.3 is 5.97 Å². The van der Waals surface area contributed by atoms with Crippen LogP contribution in [-0.2, 0) is 38.0 Å². The van der Waals surface area contributed by atoms with Crippen molar-refractivity contribution in [1.82, 2.24) is 4.90 Å². The van der Waals surface area contributed by atoms with Gasteiger partial charge in [-0.3, -0.25) is 9.59 Å². The van der Waals surface area contributed by atoms with E-state index in [4.69, 9.17) is 28.4 Å². The minimum atomic E-state index is -1.67. The van der Waals surface area contributed by atoms with Crippen LogP contribution in [0.2, 0.25) is 0 Å². The molecule has 3 heterocycles. The van der Waals surface area contributed by atoms with Crippen molar-refractivity contribution in [3.8, 4) is 0 Å². The van der Waals surface area contributed by atoms with Crippen LogP contribution in [0.5, 0.6) is 0 Å². The minimum absolute atomic E-state index is 0.00782. The van der Waals surface area contributed by atoms with Gasteiger partial charge in [-0.2, -0.15) is 0 Å². The Morgan fingerprint density at radius 2 is 1.47 bits per heavy atom. The first-order valence-electron chi connectivity index (χ1n) is 17.9. The number of ketones is 1. The molecule has 13 heteroatoms. The Labute approximate surface area is 292 Å². The van der Waals surface area contributed by atoms with Crippen molar-refractivity contribution in [3.63, 3.8) is 0 Å². The monoisotopic (exact) mass is 703 g/mol. The molecular weight excluding hydrogens is 638 g/mol. The lowest BCUT2D eigenvalue weighted by atomic mass is 9.77. The maximum absolute atomic E-state index is 13.9. The van der Waals surface area contributed by atoms with Gasteiger partial charge in [0.25, 0.3) is 0 Å². The zero-order valence-corrected chi connectivity index (χ0v) is 31.8. The second-order valence-electron chi connectivity index (χ2n) is 16.0. The number of ether oxygens (including phenoxy) is 6. The van der Waals surface area contributed by atoms with Crippen molar-refractivity contribution in [3.05, 3.63) is 0 Å². The molecule has 3 aliphatic rings. The van der Waals surface area contributed by atoms with Crippen molar-refractivity contribution in [2.24, 2.45) is 17.8 Å². The number of carbonyl (C=O) groups is 2. The van der Waals surface area contributed by atoms with Gasteiger partial charge in [-0.15, -0.1) is 0 Å². The van der Waals surface area contributed by atoms with Crippen molar-refractivity contribution in [2.45, 2.75) is 179 Å². The Morgan fingerprint density at radius 1 is 0.878 bits per heavy atom. The first-order valence-corrected chi connectivity index (χ1v) is 17.9. The van der Waals surface area contributed by atoms with Gasteiger partial charge in [-0.25, -0.2) is 0 Å². The number of hydrogen-bond acceptors (Lipinski definition) is 13. The van der Waals surface area contributed by atoms with Crippen molar-refractivity contribution < 1.29 is 58.4 Å². The number of cyclic esters (lactones) is 1. The molecular formula is C36H65NO12. The highest BCUT2D eigenvalue weighted by Gasteiger charge is 2.50. The van der Waals surface area contributed by atoms with Gasteiger partial charge in [0.1, 0.15) is 24.1 Å². The predicted octanol–water partition coefficient (Wildman–Crippen LogP) is 2.57. The van der Waals surface area contributed by atoms with Gasteiger partial charge in [-0.05, 0) is 81.3 Å². The first-order chi connectivity index (χ1) is 22.6. The topological polar surface area (TPSA) is 174 Å². The predicted molar refractivity (Wildman–Crippen MR) is 180 cm³/mol. The van der Waals surface area contributed by atoms with Crippen LogP contribution in [0.3, 0.4) is 0 Å². The summed E-state index contributed by atoms with van der Waals surface area (Å²) in [5, 5.41) is 45.9. The Morgan fingerprint density at radius 3 is 2.02 bits per heavy atom. The standard InChI is InChI=1S/C36H65NO12/c1-13-26-34(7,42)16-19(2)29(38)20(3)17-35(8,43)27(49-33-30(39)24(37(10)11)14-21(4)45-33)15-25(22(5)32(41)48-26)47-28-18-36(9,44-12)31(40)23(6)46-28/h19-28,30-31,33,39-40,42-43H,13-18H2,1-12H3. The second kappa shape index (κ2) is 16.6. The summed E-state index contributed by atoms with van der Waals surface area (Å²) >= 11 is 0. The molecule has 49 heavy (non-hydrogen) atoms. The molecule has 286 valence electrons. The van der Waals surface area contributed by atoms with Gasteiger partial charge in [0, 0.05) is 37.8 Å². The first kappa shape index (κ1) is 42.2. The van der Waals surface area contributed by atoms with Gasteiger partial charge in [0.15, 0.2) is 12.6 Å². The zero-order chi connectivity index (χ0) is 37.2. The summed E-state index contributed by atoms with van der Waals surface area (Å²) in [4.78, 5) is 29.5. The van der Waals surface area contributed by atoms with Crippen LogP contribution in [0.15, 0.2) is 0 Å². The number of hydrogen-bond donors (Lipinski definition) is 4. The van der Waals surface area contributed by atoms with Gasteiger partial charge in [0.05, 0.1) is 47.1 Å². The van der Waals surface area contributed by atoms with E-state index in [-0.39, 0.29) is 43.6 Å². The largest absolute Gasteiger partial charge is 0.459 e. The van der Waals surface area contributed by atoms with Crippen LogP contribution in [-0.4, -0.2) is 136 Å². The second-order valence-corrected chi connectivity index (χ2v) is 16.0. The number of Topliss-reactive ketones (excluding diaryl/α,β-unsaturated/α-hetero) is 1. The third-order valence-electron chi connectivity index (χ3n) is 11.2. The highest BCUT2D eigenvalue weighted by molar-refractivity contribution is 5.83. The lowest BCUT2D eigenvalue weighted by Gasteiger charge is -2.47. The molecule has 4 N–H and O–H groups in total. The Kier molecular flexibility index (Phi) is 14.3. The molecule has 0 aromatic rings. The third kappa shape index (κ3) is 10.00. The minimum Gasteiger partial charge on any atom is -0.459 e. The SMILES string of the molecule is CCC1OC(=O)C(C)C(OC2CC(C)(OC)C(O)C(C)O2)CC(OC2OC(C)CC(N(C)C)C2O)C(C)(O)CC(C)C(=O)C(C)CC1(C)O. The van der Waals surface area contributed by atoms with E-state index in [0.29, 0.717) is 12.8 Å². The number of aliphatic hydroxyl groups excluding tert-OH is 2. The van der Waals surface area contributed by atoms with E-state index in [0.717, 1.165) is 0 Å². The summed E-state index contributed by atoms with van der Waals surface area (Å²) in [6.45, 7) is 15.4. The van der Waals surface area contributed by atoms with Gasteiger partial charge in [-0.1, -0.05) is 20.8 Å². The fraction of sp³-hybridized carbons (Fsp3) is 0.944. The van der Waals surface area contributed by atoms with Gasteiger partial charge < -0.3 is 53.7 Å². The molecule has 0 aliphatic carbocycles. The molecule has 0 radical (unpaired) electrons. The molecule has 0 amide bonds. The number of methoxy groups -OCH3 is 1. The summed E-state index contributed by atoms with van der Waals surface area (Å²) in [7, 11) is 5.23. The normalized spacial score (nSPS) is 48.2. The summed E-state index contributed by atoms with van der Waals surface area (Å²) < 4.78 is 36.9. The maximum atomic E-state index is 13.9. The molecule has 3 aliphatic heterocycles. The smallest absolute Gasteiger partial charge is 0.311 e. The summed E-state index contributed by atoms with van der Waals surface area (Å²) in [5.74, 6) is -2.97. The van der Waals surface area contributed by atoms with Crippen molar-refractivity contribution in [1.29, 1.82) is 0 Å². The summed E-state index contributed by atoms with van der Waals surface area (Å²) in [6.07, 6.45) is -6.99. The average Bonchev–Trinajstić information content (AvgIpc) is 3.00. The van der Waals surface area contributed by atoms with E-state index in [9.17, 15) is 30.0 Å². The number of likely N-dealkylation sites (N-methyl/N-ethyl adjacent to an activating group) is 1. The Balaban J connectivity index is 2.10. The number of carbonyl (C=O) groups excluding carboxylic acids is 2. The molecule has 16 unspecified atom stereocenters. The average molecular weight is 704 g/mol. The number of rotatable bonds is 7. The summed E-state index contributed by atoms with van der Waals surface area (Å²) in [5.41, 5.74) is -4.18. The fourth-order valence-electron chi connectivity index (χ4n) is 7.89. The Bertz CT molecular complexity index is 1100. The number of nitrogens with zero attached hydrogens (tertiary/aromatic N) is 1. The van der Waals surface area contributed by atoms with E-state index < -0.39 is 89.7 Å². The maximum Gasteiger partial charge on any atom is 0.311 e. The van der Waals surface area contributed by atoms with E-state index in [1.807, 2.05) is 25.9 Å². The molecule has 3 fully saturated rings. The van der Waals surface area contributed by atoms with E-state index in [1.165, 1.54) is 7.11 Å². The highest BCUT2D eigenvalue weighted by Crippen LogP contribution is 2.38. The summed E-state index contributed by atoms with van der Waals surface area (Å²) in [6, 6.07) is -0.284. The Hall–Kier alpha value is -1.26. The van der Waals surface area contributed by atoms with Crippen LogP contribution in [0.25, 0.3) is 0 Å². The molecule has 0 aromatic carbocycles. The van der Waals surface area contributed by atoms with Crippen molar-refractivity contribution in [2.75, 3.05) is 21.2 Å². The molecule has 16 atom stereocenters. The molecule has 0 bridgehead atoms. The van der Waals surface area contributed by atoms with Crippen LogP contribution in [0, 0.1) is 17.8 Å². The van der Waals surface area contributed by atoms with Crippen molar-refractivity contribution >= 4 is 11.8 Å². The molecule has 0 spiro atoms. The molecule has 0 aromatic heterocycles. The van der Waals surface area contributed by atoms with Crippen LogP contribution >= 0.6 is 0 Å². The number of esters is 1. The van der Waals surface area contributed by atoms with Crippen LogP contribution in [0.1, 0.15) is 101 Å². The molecule has 3 rings (SSSR count). The highest BCUT2D eigenvalue weighted by atomic mass is 16.7. The third-order valence-corrected chi connectivity index (χ3v) is 11.2. The fourth-order valence-corrected chi connectivity index (χ4v) is 7.89. The lowest BCUT2D eigenvalue weighted by Crippen LogP contribution is -2.58. The van der Waals surface area contributed by atoms with Gasteiger partial charge in [0.2, 0.25) is 0 Å². The van der Waals surface area contributed by atoms with Crippen LogP contribution < -0.4 is 0 Å². The quantitative estimate of drug-likeness (QED) is 0.285. The lowest BCUT2D eigenvalue weighted by molar-refractivity contribution is -0.307. The van der Waals surface area contributed by atoms with Crippen LogP contribution in [0.4, 0.5) is 0 Å².